The number of hydrogen-bond donors (Lipinski definition) is 1. The molecule has 1 aromatic carbocycles. The molecule has 2 nitrogen and oxygen atoms in total. The van der Waals surface area contributed by atoms with Crippen LogP contribution in [-0.2, 0) is 0 Å². The number of benzene rings is 1. The number of amides is 1. The van der Waals surface area contributed by atoms with Crippen LogP contribution < -0.4 is 5.32 Å². The molecule has 0 spiro atoms. The maximum Gasteiger partial charge on any atom is 0.251 e. The number of carbonyl (C=O) groups excluding carboxylic acids is 1. The maximum atomic E-state index is 12.2. The Balaban J connectivity index is 2.01. The van der Waals surface area contributed by atoms with Gasteiger partial charge in [-0.3, -0.25) is 4.79 Å². The van der Waals surface area contributed by atoms with Gasteiger partial charge < -0.3 is 5.32 Å². The summed E-state index contributed by atoms with van der Waals surface area (Å²) in [6, 6.07) is 7.78. The van der Waals surface area contributed by atoms with E-state index < -0.39 is 0 Å². The van der Waals surface area contributed by atoms with Crippen molar-refractivity contribution in [2.24, 2.45) is 0 Å². The Bertz CT molecular complexity index is 419. The highest BCUT2D eigenvalue weighted by Gasteiger charge is 2.23. The van der Waals surface area contributed by atoms with E-state index in [0.29, 0.717) is 0 Å². The molecule has 2 rings (SSSR count). The second-order valence-corrected chi connectivity index (χ2v) is 5.66. The van der Waals surface area contributed by atoms with Crippen molar-refractivity contribution in [3.63, 3.8) is 0 Å². The van der Waals surface area contributed by atoms with E-state index in [4.69, 9.17) is 11.6 Å². The lowest BCUT2D eigenvalue weighted by Gasteiger charge is -2.21. The van der Waals surface area contributed by atoms with Crippen LogP contribution in [0.3, 0.4) is 0 Å². The first-order valence-electron chi connectivity index (χ1n) is 6.68. The van der Waals surface area contributed by atoms with Gasteiger partial charge in [0.1, 0.15) is 0 Å². The second-order valence-electron chi connectivity index (χ2n) is 5.10. The van der Waals surface area contributed by atoms with Gasteiger partial charge >= 0.3 is 0 Å². The molecule has 1 aliphatic rings. The fourth-order valence-corrected chi connectivity index (χ4v) is 2.81. The van der Waals surface area contributed by atoms with Crippen LogP contribution in [0.15, 0.2) is 24.3 Å². The van der Waals surface area contributed by atoms with Gasteiger partial charge in [-0.05, 0) is 31.9 Å². The monoisotopic (exact) mass is 265 g/mol. The molecular weight excluding hydrogens is 246 g/mol. The molecular formula is C15H20ClNO. The molecule has 1 fully saturated rings. The SMILES string of the molecule is Cc1cccc(C(=O)NC2CCCCCC2Cl)c1. The van der Waals surface area contributed by atoms with Crippen LogP contribution in [0.4, 0.5) is 0 Å². The molecule has 98 valence electrons. The molecule has 0 aliphatic heterocycles. The van der Waals surface area contributed by atoms with E-state index in [-0.39, 0.29) is 17.3 Å². The molecule has 18 heavy (non-hydrogen) atoms. The number of rotatable bonds is 2. The molecule has 0 heterocycles. The Morgan fingerprint density at radius 2 is 2.06 bits per heavy atom. The van der Waals surface area contributed by atoms with Gasteiger partial charge in [-0.1, -0.05) is 37.0 Å². The second kappa shape index (κ2) is 6.24. The van der Waals surface area contributed by atoms with Crippen molar-refractivity contribution in [2.45, 2.75) is 50.4 Å². The van der Waals surface area contributed by atoms with Crippen LogP contribution in [0.5, 0.6) is 0 Å². The van der Waals surface area contributed by atoms with Gasteiger partial charge in [-0.25, -0.2) is 0 Å². The van der Waals surface area contributed by atoms with Gasteiger partial charge in [-0.15, -0.1) is 11.6 Å². The third-order valence-corrected chi connectivity index (χ3v) is 4.05. The van der Waals surface area contributed by atoms with E-state index in [1.165, 1.54) is 12.8 Å². The lowest BCUT2D eigenvalue weighted by Crippen LogP contribution is -2.40. The van der Waals surface area contributed by atoms with Gasteiger partial charge in [-0.2, -0.15) is 0 Å². The van der Waals surface area contributed by atoms with E-state index in [0.717, 1.165) is 30.4 Å². The predicted octanol–water partition coefficient (Wildman–Crippen LogP) is 3.66. The molecule has 0 radical (unpaired) electrons. The number of nitrogens with one attached hydrogen (secondary N) is 1. The molecule has 1 aromatic rings. The molecule has 0 saturated heterocycles. The first-order valence-corrected chi connectivity index (χ1v) is 7.12. The lowest BCUT2D eigenvalue weighted by molar-refractivity contribution is 0.0934. The Labute approximate surface area is 114 Å². The average Bonchev–Trinajstić information content (AvgIpc) is 2.55. The maximum absolute atomic E-state index is 12.2. The van der Waals surface area contributed by atoms with Crippen molar-refractivity contribution >= 4 is 17.5 Å². The van der Waals surface area contributed by atoms with Gasteiger partial charge in [0.25, 0.3) is 5.91 Å². The molecule has 1 aliphatic carbocycles. The smallest absolute Gasteiger partial charge is 0.251 e. The largest absolute Gasteiger partial charge is 0.348 e. The van der Waals surface area contributed by atoms with E-state index in [1.54, 1.807) is 0 Å². The zero-order valence-corrected chi connectivity index (χ0v) is 11.5. The number of carbonyl (C=O) groups is 1. The Morgan fingerprint density at radius 1 is 1.28 bits per heavy atom. The average molecular weight is 266 g/mol. The molecule has 2 atom stereocenters. The highest BCUT2D eigenvalue weighted by molar-refractivity contribution is 6.21. The molecule has 2 unspecified atom stereocenters. The van der Waals surface area contributed by atoms with E-state index >= 15 is 0 Å². The van der Waals surface area contributed by atoms with Crippen molar-refractivity contribution in [1.29, 1.82) is 0 Å². The molecule has 1 N–H and O–H groups in total. The molecule has 0 aromatic heterocycles. The normalized spacial score (nSPS) is 24.3. The van der Waals surface area contributed by atoms with Gasteiger partial charge in [0.15, 0.2) is 0 Å². The van der Waals surface area contributed by atoms with Crippen molar-refractivity contribution < 1.29 is 4.79 Å². The third kappa shape index (κ3) is 3.49. The van der Waals surface area contributed by atoms with Crippen LogP contribution in [-0.4, -0.2) is 17.3 Å². The van der Waals surface area contributed by atoms with E-state index in [1.807, 2.05) is 31.2 Å². The molecule has 1 saturated carbocycles. The molecule has 1 amide bonds. The summed E-state index contributed by atoms with van der Waals surface area (Å²) in [6.45, 7) is 1.99. The van der Waals surface area contributed by atoms with Crippen LogP contribution >= 0.6 is 11.6 Å². The Morgan fingerprint density at radius 3 is 2.83 bits per heavy atom. The van der Waals surface area contributed by atoms with Gasteiger partial charge in [0.05, 0.1) is 5.38 Å². The van der Waals surface area contributed by atoms with Crippen LogP contribution in [0.2, 0.25) is 0 Å². The van der Waals surface area contributed by atoms with E-state index in [2.05, 4.69) is 5.32 Å². The molecule has 0 bridgehead atoms. The minimum absolute atomic E-state index is 0.00347. The zero-order valence-electron chi connectivity index (χ0n) is 10.8. The lowest BCUT2D eigenvalue weighted by atomic mass is 10.1. The summed E-state index contributed by atoms with van der Waals surface area (Å²) in [5, 5.41) is 3.15. The summed E-state index contributed by atoms with van der Waals surface area (Å²) in [5.74, 6) is -0.00347. The number of halogens is 1. The number of alkyl halides is 1. The first-order chi connectivity index (χ1) is 8.66. The van der Waals surface area contributed by atoms with Crippen molar-refractivity contribution in [1.82, 2.24) is 5.32 Å². The van der Waals surface area contributed by atoms with Crippen LogP contribution in [0.1, 0.15) is 48.0 Å². The fraction of sp³-hybridized carbons (Fsp3) is 0.533. The standard InChI is InChI=1S/C15H20ClNO/c1-11-6-5-7-12(10-11)15(18)17-14-9-4-2-3-8-13(14)16/h5-7,10,13-14H,2-4,8-9H2,1H3,(H,17,18). The summed E-state index contributed by atoms with van der Waals surface area (Å²) >= 11 is 6.34. The predicted molar refractivity (Wildman–Crippen MR) is 75.2 cm³/mol. The van der Waals surface area contributed by atoms with E-state index in [9.17, 15) is 4.79 Å². The minimum atomic E-state index is -0.00347. The number of hydrogen-bond acceptors (Lipinski definition) is 1. The summed E-state index contributed by atoms with van der Waals surface area (Å²) in [6.07, 6.45) is 5.54. The first kappa shape index (κ1) is 13.4. The summed E-state index contributed by atoms with van der Waals surface area (Å²) < 4.78 is 0. The quantitative estimate of drug-likeness (QED) is 0.642. The summed E-state index contributed by atoms with van der Waals surface area (Å²) in [7, 11) is 0. The zero-order chi connectivity index (χ0) is 13.0. The third-order valence-electron chi connectivity index (χ3n) is 3.53. The van der Waals surface area contributed by atoms with Gasteiger partial charge in [0.2, 0.25) is 0 Å². The fourth-order valence-electron chi connectivity index (χ4n) is 2.46. The van der Waals surface area contributed by atoms with Crippen LogP contribution in [0, 0.1) is 6.92 Å². The highest BCUT2D eigenvalue weighted by atomic mass is 35.5. The summed E-state index contributed by atoms with van der Waals surface area (Å²) in [5.41, 5.74) is 1.83. The van der Waals surface area contributed by atoms with Crippen molar-refractivity contribution in [3.8, 4) is 0 Å². The molecule has 3 heteroatoms. The van der Waals surface area contributed by atoms with Gasteiger partial charge in [0, 0.05) is 11.6 Å². The Kier molecular flexibility index (Phi) is 4.65. The Hall–Kier alpha value is -1.02. The number of aryl methyl sites for hydroxylation is 1. The van der Waals surface area contributed by atoms with Crippen molar-refractivity contribution in [2.75, 3.05) is 0 Å². The van der Waals surface area contributed by atoms with Crippen molar-refractivity contribution in [3.05, 3.63) is 35.4 Å². The summed E-state index contributed by atoms with van der Waals surface area (Å²) in [4.78, 5) is 12.2. The minimum Gasteiger partial charge on any atom is -0.348 e. The van der Waals surface area contributed by atoms with Crippen LogP contribution in [0.25, 0.3) is 0 Å². The topological polar surface area (TPSA) is 29.1 Å². The highest BCUT2D eigenvalue weighted by Crippen LogP contribution is 2.22.